The zero-order valence-electron chi connectivity index (χ0n) is 18.7. The van der Waals surface area contributed by atoms with Crippen LogP contribution in [0.3, 0.4) is 0 Å². The molecule has 0 bridgehead atoms. The minimum absolute atomic E-state index is 0.00520. The number of rotatable bonds is 7. The first-order chi connectivity index (χ1) is 14.9. The van der Waals surface area contributed by atoms with Crippen LogP contribution < -0.4 is 24.4 Å². The maximum absolute atomic E-state index is 13.1. The SMILES string of the molecule is COc1ccc(N2C(=O)CC[C@H](C(=O)NC(C)C)[C@H]2c2ccc(OC)c(OC)c2)cc1. The van der Waals surface area contributed by atoms with Gasteiger partial charge in [-0.2, -0.15) is 0 Å². The van der Waals surface area contributed by atoms with E-state index in [0.717, 1.165) is 5.56 Å². The summed E-state index contributed by atoms with van der Waals surface area (Å²) in [6.45, 7) is 3.86. The van der Waals surface area contributed by atoms with Gasteiger partial charge < -0.3 is 24.4 Å². The lowest BCUT2D eigenvalue weighted by molar-refractivity contribution is -0.129. The van der Waals surface area contributed by atoms with Gasteiger partial charge in [-0.05, 0) is 62.2 Å². The fraction of sp³-hybridized carbons (Fsp3) is 0.417. The van der Waals surface area contributed by atoms with Crippen LogP contribution in [0.2, 0.25) is 0 Å². The van der Waals surface area contributed by atoms with E-state index in [1.807, 2.05) is 50.2 Å². The van der Waals surface area contributed by atoms with Crippen LogP contribution in [0, 0.1) is 5.92 Å². The van der Waals surface area contributed by atoms with Gasteiger partial charge in [-0.1, -0.05) is 6.07 Å². The van der Waals surface area contributed by atoms with Crippen LogP contribution in [-0.2, 0) is 9.59 Å². The number of amides is 2. The lowest BCUT2D eigenvalue weighted by Gasteiger charge is -2.41. The summed E-state index contributed by atoms with van der Waals surface area (Å²) in [5, 5.41) is 3.02. The van der Waals surface area contributed by atoms with E-state index in [2.05, 4.69) is 5.32 Å². The molecule has 0 aliphatic carbocycles. The van der Waals surface area contributed by atoms with E-state index in [9.17, 15) is 9.59 Å². The van der Waals surface area contributed by atoms with E-state index in [1.165, 1.54) is 0 Å². The van der Waals surface area contributed by atoms with E-state index >= 15 is 0 Å². The number of hydrogen-bond acceptors (Lipinski definition) is 5. The molecule has 7 nitrogen and oxygen atoms in total. The van der Waals surface area contributed by atoms with Crippen molar-refractivity contribution in [3.8, 4) is 17.2 Å². The van der Waals surface area contributed by atoms with Crippen molar-refractivity contribution in [3.63, 3.8) is 0 Å². The number of hydrogen-bond donors (Lipinski definition) is 1. The van der Waals surface area contributed by atoms with E-state index < -0.39 is 12.0 Å². The Morgan fingerprint density at radius 2 is 1.68 bits per heavy atom. The molecular weight excluding hydrogens is 396 g/mol. The Morgan fingerprint density at radius 3 is 2.26 bits per heavy atom. The maximum atomic E-state index is 13.1. The van der Waals surface area contributed by atoms with Crippen LogP contribution >= 0.6 is 0 Å². The lowest BCUT2D eigenvalue weighted by Crippen LogP contribution is -2.49. The minimum atomic E-state index is -0.479. The van der Waals surface area contributed by atoms with Crippen molar-refractivity contribution >= 4 is 17.5 Å². The van der Waals surface area contributed by atoms with Gasteiger partial charge in [0.2, 0.25) is 11.8 Å². The third kappa shape index (κ3) is 4.76. The molecule has 0 saturated carbocycles. The molecule has 166 valence electrons. The first-order valence-corrected chi connectivity index (χ1v) is 10.4. The molecule has 7 heteroatoms. The Labute approximate surface area is 183 Å². The highest BCUT2D eigenvalue weighted by atomic mass is 16.5. The Kier molecular flexibility index (Phi) is 7.05. The third-order valence-corrected chi connectivity index (χ3v) is 5.46. The smallest absolute Gasteiger partial charge is 0.227 e. The van der Waals surface area contributed by atoms with E-state index in [0.29, 0.717) is 35.8 Å². The molecule has 1 fully saturated rings. The second-order valence-corrected chi connectivity index (χ2v) is 7.83. The van der Waals surface area contributed by atoms with Gasteiger partial charge in [0.15, 0.2) is 11.5 Å². The predicted octanol–water partition coefficient (Wildman–Crippen LogP) is 3.72. The topological polar surface area (TPSA) is 77.1 Å². The standard InChI is InChI=1S/C24H30N2O5/c1-15(2)25-24(28)19-11-13-22(27)26(17-7-9-18(29-3)10-8-17)23(19)16-6-12-20(30-4)21(14-16)31-5/h6-10,12,14-15,19,23H,11,13H2,1-5H3,(H,25,28)/t19-,23+/m0/s1. The zero-order valence-corrected chi connectivity index (χ0v) is 18.7. The number of nitrogens with zero attached hydrogens (tertiary/aromatic N) is 1. The number of methoxy groups -OCH3 is 3. The molecule has 3 rings (SSSR count). The molecule has 1 N–H and O–H groups in total. The summed E-state index contributed by atoms with van der Waals surface area (Å²) in [6.07, 6.45) is 0.773. The highest BCUT2D eigenvalue weighted by molar-refractivity contribution is 5.97. The molecular formula is C24H30N2O5. The van der Waals surface area contributed by atoms with Gasteiger partial charge in [0.25, 0.3) is 0 Å². The van der Waals surface area contributed by atoms with Crippen molar-refractivity contribution in [2.24, 2.45) is 5.92 Å². The van der Waals surface area contributed by atoms with Crippen molar-refractivity contribution in [3.05, 3.63) is 48.0 Å². The largest absolute Gasteiger partial charge is 0.497 e. The molecule has 2 amide bonds. The van der Waals surface area contributed by atoms with Gasteiger partial charge in [-0.3, -0.25) is 9.59 Å². The Bertz CT molecular complexity index is 926. The highest BCUT2D eigenvalue weighted by Crippen LogP contribution is 2.42. The Morgan fingerprint density at radius 1 is 1.00 bits per heavy atom. The summed E-state index contributed by atoms with van der Waals surface area (Å²) in [5.74, 6) is 1.34. The quantitative estimate of drug-likeness (QED) is 0.730. The fourth-order valence-electron chi connectivity index (χ4n) is 4.02. The molecule has 0 spiro atoms. The van der Waals surface area contributed by atoms with Crippen molar-refractivity contribution in [2.45, 2.75) is 38.8 Å². The van der Waals surface area contributed by atoms with Crippen molar-refractivity contribution in [1.29, 1.82) is 0 Å². The molecule has 1 heterocycles. The van der Waals surface area contributed by atoms with Gasteiger partial charge in [0, 0.05) is 18.2 Å². The summed E-state index contributed by atoms with van der Waals surface area (Å²) < 4.78 is 16.1. The first-order valence-electron chi connectivity index (χ1n) is 10.4. The maximum Gasteiger partial charge on any atom is 0.227 e. The molecule has 1 aliphatic heterocycles. The van der Waals surface area contributed by atoms with Crippen molar-refractivity contribution < 1.29 is 23.8 Å². The lowest BCUT2D eigenvalue weighted by atomic mass is 9.83. The second kappa shape index (κ2) is 9.73. The normalized spacial score (nSPS) is 18.6. The van der Waals surface area contributed by atoms with Crippen LogP contribution in [0.1, 0.15) is 38.3 Å². The van der Waals surface area contributed by atoms with Crippen LogP contribution in [0.25, 0.3) is 0 Å². The van der Waals surface area contributed by atoms with Gasteiger partial charge in [0.05, 0.1) is 33.3 Å². The number of nitrogens with one attached hydrogen (secondary N) is 1. The number of carbonyl (C=O) groups is 2. The van der Waals surface area contributed by atoms with Crippen LogP contribution in [0.15, 0.2) is 42.5 Å². The molecule has 0 unspecified atom stereocenters. The van der Waals surface area contributed by atoms with Crippen LogP contribution in [0.5, 0.6) is 17.2 Å². The van der Waals surface area contributed by atoms with Gasteiger partial charge in [0.1, 0.15) is 5.75 Å². The van der Waals surface area contributed by atoms with Crippen LogP contribution in [0.4, 0.5) is 5.69 Å². The Hall–Kier alpha value is -3.22. The molecule has 0 radical (unpaired) electrons. The number of benzene rings is 2. The Balaban J connectivity index is 2.11. The first kappa shape index (κ1) is 22.5. The molecule has 2 aromatic carbocycles. The van der Waals surface area contributed by atoms with Crippen LogP contribution in [-0.4, -0.2) is 39.2 Å². The van der Waals surface area contributed by atoms with Gasteiger partial charge in [-0.15, -0.1) is 0 Å². The summed E-state index contributed by atoms with van der Waals surface area (Å²) in [4.78, 5) is 28.0. The predicted molar refractivity (Wildman–Crippen MR) is 119 cm³/mol. The number of ether oxygens (including phenoxy) is 3. The summed E-state index contributed by atoms with van der Waals surface area (Å²) in [6, 6.07) is 12.4. The third-order valence-electron chi connectivity index (χ3n) is 5.46. The molecule has 1 aliphatic rings. The second-order valence-electron chi connectivity index (χ2n) is 7.83. The van der Waals surface area contributed by atoms with Gasteiger partial charge >= 0.3 is 0 Å². The molecule has 2 aromatic rings. The van der Waals surface area contributed by atoms with E-state index in [-0.39, 0.29) is 17.9 Å². The molecule has 31 heavy (non-hydrogen) atoms. The summed E-state index contributed by atoms with van der Waals surface area (Å²) >= 11 is 0. The zero-order chi connectivity index (χ0) is 22.5. The average molecular weight is 427 g/mol. The average Bonchev–Trinajstić information content (AvgIpc) is 2.77. The monoisotopic (exact) mass is 426 g/mol. The summed E-state index contributed by atoms with van der Waals surface area (Å²) in [7, 11) is 4.74. The fourth-order valence-corrected chi connectivity index (χ4v) is 4.02. The summed E-state index contributed by atoms with van der Waals surface area (Å²) in [5.41, 5.74) is 1.53. The highest BCUT2D eigenvalue weighted by Gasteiger charge is 2.41. The number of anilines is 1. The molecule has 0 aromatic heterocycles. The van der Waals surface area contributed by atoms with E-state index in [4.69, 9.17) is 14.2 Å². The number of piperidine rings is 1. The minimum Gasteiger partial charge on any atom is -0.497 e. The molecule has 2 atom stereocenters. The van der Waals surface area contributed by atoms with Gasteiger partial charge in [-0.25, -0.2) is 0 Å². The van der Waals surface area contributed by atoms with Crippen molar-refractivity contribution in [2.75, 3.05) is 26.2 Å². The number of carbonyl (C=O) groups excluding carboxylic acids is 2. The van der Waals surface area contributed by atoms with Crippen molar-refractivity contribution in [1.82, 2.24) is 5.32 Å². The van der Waals surface area contributed by atoms with E-state index in [1.54, 1.807) is 32.3 Å². The molecule has 1 saturated heterocycles.